The monoisotopic (exact) mass is 764 g/mol. The number of pyridine rings is 2. The molecule has 2 heterocycles. The van der Waals surface area contributed by atoms with Gasteiger partial charge in [-0.1, -0.05) is 163 Å². The molecule has 286 valence electrons. The second kappa shape index (κ2) is 15.6. The molecule has 0 radical (unpaired) electrons. The Hall–Kier alpha value is -6.66. The van der Waals surface area contributed by atoms with Gasteiger partial charge >= 0.3 is 7.48 Å². The zero-order valence-electron chi connectivity index (χ0n) is 33.9. The topological polar surface area (TPSA) is 55.2 Å². The quantitative estimate of drug-likeness (QED) is 0.141. The molecule has 0 saturated heterocycles. The molecule has 0 bridgehead atoms. The third-order valence-electron chi connectivity index (χ3n) is 11.8. The Morgan fingerprint density at radius 2 is 0.814 bits per heavy atom. The molecule has 1 N–H and O–H groups in total. The number of fused-ring (bicyclic) bond motifs is 2. The van der Waals surface area contributed by atoms with Gasteiger partial charge in [0.25, 0.3) is 0 Å². The molecule has 9 aromatic rings. The van der Waals surface area contributed by atoms with Gasteiger partial charge in [-0.2, -0.15) is 0 Å². The van der Waals surface area contributed by atoms with Crippen molar-refractivity contribution >= 4 is 34.5 Å². The Balaban J connectivity index is 1.12. The van der Waals surface area contributed by atoms with Gasteiger partial charge in [0.15, 0.2) is 0 Å². The lowest BCUT2D eigenvalue weighted by atomic mass is 9.79. The predicted molar refractivity (Wildman–Crippen MR) is 248 cm³/mol. The van der Waals surface area contributed by atoms with Gasteiger partial charge in [0, 0.05) is 34.6 Å². The Kier molecular flexibility index (Phi) is 10.0. The highest BCUT2D eigenvalue weighted by atomic mass is 16.5. The Labute approximate surface area is 347 Å². The van der Waals surface area contributed by atoms with Gasteiger partial charge in [0.05, 0.1) is 22.6 Å². The lowest BCUT2D eigenvalue weighted by Gasteiger charge is -2.37. The van der Waals surface area contributed by atoms with Gasteiger partial charge in [-0.3, -0.25) is 9.97 Å². The number of aliphatic hydroxyl groups is 1. The first-order valence-corrected chi connectivity index (χ1v) is 20.2. The van der Waals surface area contributed by atoms with Crippen LogP contribution in [-0.4, -0.2) is 33.8 Å². The van der Waals surface area contributed by atoms with Gasteiger partial charge < -0.3 is 9.76 Å². The van der Waals surface area contributed by atoms with E-state index in [4.69, 9.17) is 14.6 Å². The summed E-state index contributed by atoms with van der Waals surface area (Å²) in [5.74, 6) is 0. The summed E-state index contributed by atoms with van der Waals surface area (Å²) < 4.78 is 6.49. The summed E-state index contributed by atoms with van der Waals surface area (Å²) in [7, 11) is 0.324. The molecule has 9 rings (SSSR count). The smallest absolute Gasteiger partial charge is 0.309 e. The molecule has 0 aliphatic heterocycles. The van der Waals surface area contributed by atoms with E-state index in [0.717, 1.165) is 72.5 Å². The van der Waals surface area contributed by atoms with E-state index in [1.165, 1.54) is 21.5 Å². The Bertz CT molecular complexity index is 2750. The minimum Gasteiger partial charge on any atom is -0.427 e. The molecule has 59 heavy (non-hydrogen) atoms. The number of aromatic nitrogens is 2. The maximum Gasteiger partial charge on any atom is 0.309 e. The fraction of sp³-hybridized carbons (Fsp3) is 0.111. The van der Waals surface area contributed by atoms with Crippen LogP contribution in [0.3, 0.4) is 0 Å². The third kappa shape index (κ3) is 7.59. The number of rotatable bonds is 10. The maximum atomic E-state index is 11.0. The molecule has 0 unspecified atom stereocenters. The summed E-state index contributed by atoms with van der Waals surface area (Å²) in [6.45, 7) is 7.46. The zero-order chi connectivity index (χ0) is 40.6. The SMILES string of the molecule is CC(C)(O)C(C)(C)OBc1cc(-c2ccccc2-c2ccc(-c3cccc4ccccc34)nc2)cc(-c2ccccc2-c2ccc(-c3cccc4ccccc34)nc2)c1. The van der Waals surface area contributed by atoms with Crippen LogP contribution < -0.4 is 5.46 Å². The van der Waals surface area contributed by atoms with Crippen LogP contribution >= 0.6 is 0 Å². The molecule has 0 spiro atoms. The summed E-state index contributed by atoms with van der Waals surface area (Å²) in [5, 5.41) is 15.7. The van der Waals surface area contributed by atoms with E-state index in [0.29, 0.717) is 7.48 Å². The molecule has 0 atom stereocenters. The molecule has 0 fully saturated rings. The van der Waals surface area contributed by atoms with Crippen LogP contribution in [0.2, 0.25) is 0 Å². The second-order valence-electron chi connectivity index (χ2n) is 16.3. The molecule has 0 aliphatic rings. The summed E-state index contributed by atoms with van der Waals surface area (Å²) in [6, 6.07) is 62.0. The Morgan fingerprint density at radius 1 is 0.424 bits per heavy atom. The van der Waals surface area contributed by atoms with Gasteiger partial charge in [0.1, 0.15) is 0 Å². The first-order chi connectivity index (χ1) is 28.6. The molecular formula is C54H45BN2O2. The van der Waals surface area contributed by atoms with Crippen molar-refractivity contribution in [2.45, 2.75) is 38.9 Å². The highest BCUT2D eigenvalue weighted by Gasteiger charge is 2.35. The fourth-order valence-electron chi connectivity index (χ4n) is 7.82. The first-order valence-electron chi connectivity index (χ1n) is 20.2. The van der Waals surface area contributed by atoms with Crippen LogP contribution in [0.1, 0.15) is 27.7 Å². The van der Waals surface area contributed by atoms with Crippen molar-refractivity contribution in [3.8, 4) is 67.0 Å². The highest BCUT2D eigenvalue weighted by molar-refractivity contribution is 6.47. The van der Waals surface area contributed by atoms with Crippen molar-refractivity contribution in [3.63, 3.8) is 0 Å². The number of nitrogens with zero attached hydrogens (tertiary/aromatic N) is 2. The average Bonchev–Trinajstić information content (AvgIpc) is 3.27. The van der Waals surface area contributed by atoms with Crippen molar-refractivity contribution < 1.29 is 9.76 Å². The Morgan fingerprint density at radius 3 is 1.24 bits per heavy atom. The van der Waals surface area contributed by atoms with Crippen molar-refractivity contribution in [2.24, 2.45) is 0 Å². The molecule has 2 aromatic heterocycles. The molecule has 4 nitrogen and oxygen atoms in total. The zero-order valence-corrected chi connectivity index (χ0v) is 33.9. The molecular weight excluding hydrogens is 719 g/mol. The number of benzene rings is 7. The van der Waals surface area contributed by atoms with Crippen molar-refractivity contribution in [2.75, 3.05) is 0 Å². The van der Waals surface area contributed by atoms with E-state index in [2.05, 4.69) is 176 Å². The second-order valence-corrected chi connectivity index (χ2v) is 16.3. The van der Waals surface area contributed by atoms with E-state index in [1.54, 1.807) is 13.8 Å². The number of hydrogen-bond acceptors (Lipinski definition) is 4. The standard InChI is InChI=1S/C54H45BN2O2/c1-53(2,58)54(3,4)59-55-42-32-40(47-23-11-9-21-45(47)38-27-29-51(56-34-38)49-25-13-17-36-15-5-7-19-43(36)49)31-41(33-42)48-24-12-10-22-46(48)39-28-30-52(57-35-39)50-26-14-18-37-16-6-8-20-44(37)50/h5-35,55,58H,1-4H3. The van der Waals surface area contributed by atoms with E-state index in [1.807, 2.05) is 26.2 Å². The highest BCUT2D eigenvalue weighted by Crippen LogP contribution is 2.38. The van der Waals surface area contributed by atoms with Crippen LogP contribution in [0.25, 0.3) is 88.6 Å². The summed E-state index contributed by atoms with van der Waals surface area (Å²) >= 11 is 0. The van der Waals surface area contributed by atoms with Gasteiger partial charge in [-0.15, -0.1) is 0 Å². The van der Waals surface area contributed by atoms with Gasteiger partial charge in [-0.05, 0) is 101 Å². The summed E-state index contributed by atoms with van der Waals surface area (Å²) in [6.07, 6.45) is 3.97. The maximum absolute atomic E-state index is 11.0. The molecule has 5 heteroatoms. The van der Waals surface area contributed by atoms with Crippen LogP contribution in [0.5, 0.6) is 0 Å². The van der Waals surface area contributed by atoms with Crippen LogP contribution in [0, 0.1) is 0 Å². The summed E-state index contributed by atoms with van der Waals surface area (Å²) in [5.41, 5.74) is 11.9. The minimum atomic E-state index is -1.04. The van der Waals surface area contributed by atoms with Crippen molar-refractivity contribution in [1.82, 2.24) is 9.97 Å². The molecule has 0 saturated carbocycles. The van der Waals surface area contributed by atoms with Gasteiger partial charge in [0.2, 0.25) is 0 Å². The van der Waals surface area contributed by atoms with E-state index in [-0.39, 0.29) is 0 Å². The van der Waals surface area contributed by atoms with Gasteiger partial charge in [-0.25, -0.2) is 0 Å². The normalized spacial score (nSPS) is 11.9. The van der Waals surface area contributed by atoms with Crippen LogP contribution in [0.15, 0.2) is 188 Å². The van der Waals surface area contributed by atoms with Crippen molar-refractivity contribution in [3.05, 3.63) is 188 Å². The molecule has 7 aromatic carbocycles. The van der Waals surface area contributed by atoms with Crippen LogP contribution in [-0.2, 0) is 4.65 Å². The number of hydrogen-bond donors (Lipinski definition) is 1. The average molecular weight is 765 g/mol. The summed E-state index contributed by atoms with van der Waals surface area (Å²) in [4.78, 5) is 10.0. The lowest BCUT2D eigenvalue weighted by Crippen LogP contribution is -2.49. The molecule has 0 aliphatic carbocycles. The fourth-order valence-corrected chi connectivity index (χ4v) is 7.82. The molecule has 0 amide bonds. The van der Waals surface area contributed by atoms with E-state index >= 15 is 0 Å². The minimum absolute atomic E-state index is 0.324. The predicted octanol–water partition coefficient (Wildman–Crippen LogP) is 12.3. The first kappa shape index (κ1) is 37.9. The largest absolute Gasteiger partial charge is 0.427 e. The van der Waals surface area contributed by atoms with E-state index < -0.39 is 11.2 Å². The van der Waals surface area contributed by atoms with Crippen molar-refractivity contribution in [1.29, 1.82) is 0 Å². The van der Waals surface area contributed by atoms with E-state index in [9.17, 15) is 5.11 Å². The third-order valence-corrected chi connectivity index (χ3v) is 11.8. The van der Waals surface area contributed by atoms with Crippen LogP contribution in [0.4, 0.5) is 0 Å². The lowest BCUT2D eigenvalue weighted by molar-refractivity contribution is -0.0893.